The number of fused-ring (bicyclic) bond motifs is 1. The standard InChI is InChI=1S/C41H38N2O5S/c1-41(28-42-33-22-23-34(46-26-29-14-6-2-7-15-29)35(24-33)47-27-30-16-8-3-9-17-30)39(43-36(44)25-37(43)49-41)40(45)48-38(31-18-10-4-11-19-31)32-20-12-5-13-21-32/h2-24,37-39,42H,25-28H2,1H3. The zero-order valence-corrected chi connectivity index (χ0v) is 28.1. The van der Waals surface area contributed by atoms with E-state index in [1.165, 1.54) is 0 Å². The molecule has 1 N–H and O–H groups in total. The number of hydrogen-bond donors (Lipinski definition) is 1. The third kappa shape index (κ3) is 7.29. The van der Waals surface area contributed by atoms with Gasteiger partial charge in [0, 0.05) is 18.3 Å². The Balaban J connectivity index is 1.11. The van der Waals surface area contributed by atoms with E-state index in [0.29, 0.717) is 37.7 Å². The van der Waals surface area contributed by atoms with Gasteiger partial charge < -0.3 is 24.4 Å². The third-order valence-corrected chi connectivity index (χ3v) is 10.5. The highest BCUT2D eigenvalue weighted by atomic mass is 32.2. The number of ether oxygens (including phenoxy) is 3. The molecule has 2 saturated heterocycles. The van der Waals surface area contributed by atoms with Gasteiger partial charge in [0.15, 0.2) is 17.6 Å². The summed E-state index contributed by atoms with van der Waals surface area (Å²) in [5, 5.41) is 3.48. The lowest BCUT2D eigenvalue weighted by Crippen LogP contribution is -2.59. The lowest BCUT2D eigenvalue weighted by Gasteiger charge is -2.38. The van der Waals surface area contributed by atoms with Crippen molar-refractivity contribution in [1.82, 2.24) is 4.90 Å². The molecule has 0 saturated carbocycles. The fourth-order valence-electron chi connectivity index (χ4n) is 6.34. The van der Waals surface area contributed by atoms with Crippen LogP contribution < -0.4 is 14.8 Å². The smallest absolute Gasteiger partial charge is 0.331 e. The number of esters is 1. The van der Waals surface area contributed by atoms with Crippen molar-refractivity contribution in [3.05, 3.63) is 162 Å². The number of thioether (sulfide) groups is 1. The maximum absolute atomic E-state index is 14.2. The molecule has 0 radical (unpaired) electrons. The molecule has 0 aromatic heterocycles. The number of rotatable bonds is 13. The fourth-order valence-corrected chi connectivity index (χ4v) is 8.04. The van der Waals surface area contributed by atoms with E-state index in [0.717, 1.165) is 27.9 Å². The second-order valence-corrected chi connectivity index (χ2v) is 14.2. The molecule has 3 atom stereocenters. The first kappa shape index (κ1) is 32.3. The second kappa shape index (κ2) is 14.5. The largest absolute Gasteiger partial charge is 0.485 e. The van der Waals surface area contributed by atoms with Crippen molar-refractivity contribution in [3.8, 4) is 11.5 Å². The molecular weight excluding hydrogens is 633 g/mol. The Bertz CT molecular complexity index is 1840. The van der Waals surface area contributed by atoms with Gasteiger partial charge in [-0.15, -0.1) is 11.8 Å². The molecule has 0 spiro atoms. The Labute approximate surface area is 291 Å². The summed E-state index contributed by atoms with van der Waals surface area (Å²) in [6.45, 7) is 3.25. The Morgan fingerprint density at radius 2 is 1.31 bits per heavy atom. The van der Waals surface area contributed by atoms with E-state index in [2.05, 4.69) is 5.32 Å². The van der Waals surface area contributed by atoms with Crippen LogP contribution in [0, 0.1) is 0 Å². The summed E-state index contributed by atoms with van der Waals surface area (Å²) in [5.74, 6) is 0.797. The minimum Gasteiger partial charge on any atom is -0.485 e. The van der Waals surface area contributed by atoms with Crippen molar-refractivity contribution >= 4 is 29.3 Å². The Hall–Kier alpha value is -5.21. The number of carbonyl (C=O) groups is 2. The molecule has 5 aromatic rings. The number of β-lactam (4-membered cyclic amide) rings is 1. The molecule has 2 heterocycles. The predicted octanol–water partition coefficient (Wildman–Crippen LogP) is 8.02. The van der Waals surface area contributed by atoms with Crippen molar-refractivity contribution in [3.63, 3.8) is 0 Å². The average Bonchev–Trinajstić information content (AvgIpc) is 3.39. The molecule has 49 heavy (non-hydrogen) atoms. The van der Waals surface area contributed by atoms with Gasteiger partial charge in [0.25, 0.3) is 0 Å². The quantitative estimate of drug-likeness (QED) is 0.100. The number of carbonyl (C=O) groups excluding carboxylic acids is 2. The number of amides is 1. The van der Waals surface area contributed by atoms with E-state index >= 15 is 0 Å². The number of benzene rings is 5. The Morgan fingerprint density at radius 1 is 0.776 bits per heavy atom. The first-order chi connectivity index (χ1) is 24.0. The topological polar surface area (TPSA) is 77.1 Å². The minimum absolute atomic E-state index is 0.0318. The molecule has 0 aliphatic carbocycles. The van der Waals surface area contributed by atoms with E-state index in [1.54, 1.807) is 16.7 Å². The predicted molar refractivity (Wildman–Crippen MR) is 192 cm³/mol. The van der Waals surface area contributed by atoms with Crippen molar-refractivity contribution in [2.24, 2.45) is 0 Å². The first-order valence-corrected chi connectivity index (χ1v) is 17.4. The summed E-state index contributed by atoms with van der Waals surface area (Å²) in [5.41, 5.74) is 4.66. The molecular formula is C41H38N2O5S. The van der Waals surface area contributed by atoms with Crippen LogP contribution in [0.2, 0.25) is 0 Å². The van der Waals surface area contributed by atoms with Crippen LogP contribution in [0.5, 0.6) is 11.5 Å². The monoisotopic (exact) mass is 670 g/mol. The summed E-state index contributed by atoms with van der Waals surface area (Å²) in [6, 6.07) is 44.5. The van der Waals surface area contributed by atoms with Crippen LogP contribution in [0.4, 0.5) is 5.69 Å². The van der Waals surface area contributed by atoms with Gasteiger partial charge in [-0.25, -0.2) is 4.79 Å². The SMILES string of the molecule is CC1(CNc2ccc(OCc3ccccc3)c(OCc3ccccc3)c2)SC2CC(=O)N2C1C(=O)OC(c1ccccc1)c1ccccc1. The molecule has 2 fully saturated rings. The van der Waals surface area contributed by atoms with Crippen LogP contribution in [0.25, 0.3) is 0 Å². The minimum atomic E-state index is -0.756. The average molecular weight is 671 g/mol. The van der Waals surface area contributed by atoms with Gasteiger partial charge in [-0.2, -0.15) is 0 Å². The molecule has 2 aliphatic rings. The molecule has 5 aromatic carbocycles. The van der Waals surface area contributed by atoms with Crippen molar-refractivity contribution < 1.29 is 23.8 Å². The van der Waals surface area contributed by atoms with Crippen molar-refractivity contribution in [2.45, 2.75) is 48.8 Å². The van der Waals surface area contributed by atoms with Gasteiger partial charge in [-0.05, 0) is 41.3 Å². The summed E-state index contributed by atoms with van der Waals surface area (Å²) < 4.78 is 18.2. The molecule has 1 amide bonds. The van der Waals surface area contributed by atoms with Crippen LogP contribution in [-0.4, -0.2) is 39.5 Å². The van der Waals surface area contributed by atoms with E-state index in [-0.39, 0.29) is 11.3 Å². The zero-order valence-electron chi connectivity index (χ0n) is 27.2. The lowest BCUT2D eigenvalue weighted by atomic mass is 9.95. The third-order valence-electron chi connectivity index (χ3n) is 8.93. The molecule has 248 valence electrons. The Kier molecular flexibility index (Phi) is 9.57. The lowest BCUT2D eigenvalue weighted by molar-refractivity contribution is -0.164. The van der Waals surface area contributed by atoms with Crippen LogP contribution in [0.1, 0.15) is 41.7 Å². The van der Waals surface area contributed by atoms with Gasteiger partial charge in [0.1, 0.15) is 19.3 Å². The van der Waals surface area contributed by atoms with Gasteiger partial charge in [0.2, 0.25) is 5.91 Å². The van der Waals surface area contributed by atoms with E-state index in [9.17, 15) is 9.59 Å². The van der Waals surface area contributed by atoms with E-state index < -0.39 is 22.9 Å². The molecule has 0 bridgehead atoms. The van der Waals surface area contributed by atoms with Crippen LogP contribution in [0.15, 0.2) is 140 Å². The number of anilines is 1. The fraction of sp³-hybridized carbons (Fsp3) is 0.220. The Morgan fingerprint density at radius 3 is 1.86 bits per heavy atom. The van der Waals surface area contributed by atoms with Gasteiger partial charge >= 0.3 is 5.97 Å². The van der Waals surface area contributed by atoms with Crippen molar-refractivity contribution in [2.75, 3.05) is 11.9 Å². The first-order valence-electron chi connectivity index (χ1n) is 16.5. The normalized spacial score (nSPS) is 19.6. The number of hydrogen-bond acceptors (Lipinski definition) is 7. The molecule has 7 rings (SSSR count). The highest BCUT2D eigenvalue weighted by Gasteiger charge is 2.61. The molecule has 3 unspecified atom stereocenters. The van der Waals surface area contributed by atoms with Gasteiger partial charge in [-0.1, -0.05) is 121 Å². The van der Waals surface area contributed by atoms with E-state index in [1.807, 2.05) is 146 Å². The molecule has 7 nitrogen and oxygen atoms in total. The highest BCUT2D eigenvalue weighted by molar-refractivity contribution is 8.01. The molecule has 8 heteroatoms. The number of nitrogens with one attached hydrogen (secondary N) is 1. The maximum atomic E-state index is 14.2. The summed E-state index contributed by atoms with van der Waals surface area (Å²) >= 11 is 1.65. The van der Waals surface area contributed by atoms with Gasteiger partial charge in [0.05, 0.1) is 16.5 Å². The van der Waals surface area contributed by atoms with Crippen LogP contribution in [-0.2, 0) is 27.5 Å². The van der Waals surface area contributed by atoms with Crippen LogP contribution >= 0.6 is 11.8 Å². The summed E-state index contributed by atoms with van der Waals surface area (Å²) in [7, 11) is 0. The molecule has 2 aliphatic heterocycles. The van der Waals surface area contributed by atoms with Crippen molar-refractivity contribution in [1.29, 1.82) is 0 Å². The summed E-state index contributed by atoms with van der Waals surface area (Å²) in [6.07, 6.45) is -0.184. The second-order valence-electron chi connectivity index (χ2n) is 12.5. The maximum Gasteiger partial charge on any atom is 0.331 e. The zero-order chi connectivity index (χ0) is 33.6. The highest BCUT2D eigenvalue weighted by Crippen LogP contribution is 2.52. The van der Waals surface area contributed by atoms with Crippen LogP contribution in [0.3, 0.4) is 0 Å². The van der Waals surface area contributed by atoms with Gasteiger partial charge in [-0.3, -0.25) is 4.79 Å². The summed E-state index contributed by atoms with van der Waals surface area (Å²) in [4.78, 5) is 28.8. The van der Waals surface area contributed by atoms with E-state index in [4.69, 9.17) is 14.2 Å². The number of nitrogens with zero attached hydrogens (tertiary/aromatic N) is 1.